The van der Waals surface area contributed by atoms with E-state index in [1.807, 2.05) is 56.7 Å². The van der Waals surface area contributed by atoms with E-state index in [1.54, 1.807) is 0 Å². The van der Waals surface area contributed by atoms with E-state index in [4.69, 9.17) is 0 Å². The van der Waals surface area contributed by atoms with Gasteiger partial charge in [0.15, 0.2) is 0 Å². The van der Waals surface area contributed by atoms with E-state index in [2.05, 4.69) is 4.90 Å². The Kier molecular flexibility index (Phi) is 3.29. The zero-order valence-electron chi connectivity index (χ0n) is 10.2. The molecule has 0 saturated carbocycles. The summed E-state index contributed by atoms with van der Waals surface area (Å²) in [6.45, 7) is 2.03. The number of carbonyl (C=O) groups is 1. The lowest BCUT2D eigenvalue weighted by atomic mass is 10.0. The van der Waals surface area contributed by atoms with Crippen LogP contribution in [0.25, 0.3) is 0 Å². The summed E-state index contributed by atoms with van der Waals surface area (Å²) in [6, 6.07) is 9.61. The molecular formula is C14H15NOS. The lowest BCUT2D eigenvalue weighted by molar-refractivity contribution is 0.104. The Balaban J connectivity index is 2.35. The van der Waals surface area contributed by atoms with Crippen LogP contribution in [0.4, 0.5) is 5.69 Å². The third kappa shape index (κ3) is 2.39. The zero-order valence-corrected chi connectivity index (χ0v) is 11.0. The fourth-order valence-electron chi connectivity index (χ4n) is 1.85. The Labute approximate surface area is 106 Å². The molecule has 0 radical (unpaired) electrons. The zero-order chi connectivity index (χ0) is 12.4. The number of hydrogen-bond acceptors (Lipinski definition) is 3. The van der Waals surface area contributed by atoms with Gasteiger partial charge in [-0.1, -0.05) is 6.07 Å². The van der Waals surface area contributed by atoms with Gasteiger partial charge in [0.05, 0.1) is 4.88 Å². The quantitative estimate of drug-likeness (QED) is 0.773. The second kappa shape index (κ2) is 4.72. The molecule has 2 aromatic rings. The van der Waals surface area contributed by atoms with Crippen molar-refractivity contribution in [2.75, 3.05) is 19.0 Å². The molecular weight excluding hydrogens is 230 g/mol. The van der Waals surface area contributed by atoms with E-state index in [9.17, 15) is 4.79 Å². The molecule has 88 valence electrons. The van der Waals surface area contributed by atoms with Crippen molar-refractivity contribution in [3.8, 4) is 0 Å². The standard InChI is InChI=1S/C14H15NOS/c1-10-9-11(6-7-12(10)15(2)3)14(16)13-5-4-8-17-13/h4-9H,1-3H3. The summed E-state index contributed by atoms with van der Waals surface area (Å²) >= 11 is 1.48. The van der Waals surface area contributed by atoms with Crippen LogP contribution in [0.2, 0.25) is 0 Å². The van der Waals surface area contributed by atoms with Gasteiger partial charge in [-0.15, -0.1) is 11.3 Å². The van der Waals surface area contributed by atoms with E-state index in [0.717, 1.165) is 21.7 Å². The van der Waals surface area contributed by atoms with Crippen LogP contribution in [-0.2, 0) is 0 Å². The van der Waals surface area contributed by atoms with Crippen LogP contribution < -0.4 is 4.90 Å². The SMILES string of the molecule is Cc1cc(C(=O)c2cccs2)ccc1N(C)C. The molecule has 0 spiro atoms. The maximum Gasteiger partial charge on any atom is 0.202 e. The van der Waals surface area contributed by atoms with E-state index in [0.29, 0.717) is 0 Å². The lowest BCUT2D eigenvalue weighted by Crippen LogP contribution is -2.11. The molecule has 0 aliphatic heterocycles. The number of rotatable bonds is 3. The van der Waals surface area contributed by atoms with Gasteiger partial charge in [-0.05, 0) is 42.1 Å². The molecule has 0 saturated heterocycles. The summed E-state index contributed by atoms with van der Waals surface area (Å²) in [7, 11) is 4.01. The largest absolute Gasteiger partial charge is 0.377 e. The first-order chi connectivity index (χ1) is 8.09. The van der Waals surface area contributed by atoms with E-state index in [-0.39, 0.29) is 5.78 Å². The highest BCUT2D eigenvalue weighted by atomic mass is 32.1. The monoisotopic (exact) mass is 245 g/mol. The molecule has 1 aromatic carbocycles. The van der Waals surface area contributed by atoms with Gasteiger partial charge in [-0.3, -0.25) is 4.79 Å². The molecule has 0 N–H and O–H groups in total. The van der Waals surface area contributed by atoms with Gasteiger partial charge >= 0.3 is 0 Å². The first-order valence-electron chi connectivity index (χ1n) is 5.46. The van der Waals surface area contributed by atoms with Crippen LogP contribution in [0.1, 0.15) is 20.8 Å². The molecule has 0 aliphatic rings. The predicted molar refractivity (Wildman–Crippen MR) is 73.3 cm³/mol. The van der Waals surface area contributed by atoms with Crippen LogP contribution in [0.15, 0.2) is 35.7 Å². The maximum absolute atomic E-state index is 12.1. The average molecular weight is 245 g/mol. The molecule has 2 rings (SSSR count). The molecule has 0 amide bonds. The Morgan fingerprint density at radius 3 is 2.53 bits per heavy atom. The van der Waals surface area contributed by atoms with Gasteiger partial charge in [0.2, 0.25) is 5.78 Å². The Morgan fingerprint density at radius 1 is 1.24 bits per heavy atom. The number of anilines is 1. The molecule has 0 unspecified atom stereocenters. The molecule has 2 nitrogen and oxygen atoms in total. The first-order valence-corrected chi connectivity index (χ1v) is 6.34. The molecule has 17 heavy (non-hydrogen) atoms. The van der Waals surface area contributed by atoms with Crippen molar-refractivity contribution >= 4 is 22.8 Å². The summed E-state index contributed by atoms with van der Waals surface area (Å²) in [5, 5.41) is 1.92. The van der Waals surface area contributed by atoms with Gasteiger partial charge in [0.25, 0.3) is 0 Å². The first kappa shape index (κ1) is 11.9. The number of thiophene rings is 1. The van der Waals surface area contributed by atoms with Crippen molar-refractivity contribution in [1.29, 1.82) is 0 Å². The summed E-state index contributed by atoms with van der Waals surface area (Å²) < 4.78 is 0. The fraction of sp³-hybridized carbons (Fsp3) is 0.214. The summed E-state index contributed by atoms with van der Waals surface area (Å²) in [6.07, 6.45) is 0. The van der Waals surface area contributed by atoms with Gasteiger partial charge < -0.3 is 4.90 Å². The normalized spacial score (nSPS) is 10.3. The number of benzene rings is 1. The minimum atomic E-state index is 0.105. The van der Waals surface area contributed by atoms with Crippen molar-refractivity contribution < 1.29 is 4.79 Å². The van der Waals surface area contributed by atoms with Gasteiger partial charge in [-0.25, -0.2) is 0 Å². The molecule has 1 aromatic heterocycles. The molecule has 3 heteroatoms. The van der Waals surface area contributed by atoms with Crippen molar-refractivity contribution in [2.24, 2.45) is 0 Å². The topological polar surface area (TPSA) is 20.3 Å². The Hall–Kier alpha value is -1.61. The van der Waals surface area contributed by atoms with Crippen LogP contribution in [0, 0.1) is 6.92 Å². The number of ketones is 1. The number of hydrogen-bond donors (Lipinski definition) is 0. The number of aryl methyl sites for hydroxylation is 1. The van der Waals surface area contributed by atoms with Crippen molar-refractivity contribution in [2.45, 2.75) is 6.92 Å². The van der Waals surface area contributed by atoms with Crippen LogP contribution in [0.3, 0.4) is 0 Å². The average Bonchev–Trinajstić information content (AvgIpc) is 2.80. The highest BCUT2D eigenvalue weighted by Gasteiger charge is 2.11. The number of nitrogens with zero attached hydrogens (tertiary/aromatic N) is 1. The van der Waals surface area contributed by atoms with Crippen LogP contribution in [0.5, 0.6) is 0 Å². The summed E-state index contributed by atoms with van der Waals surface area (Å²) in [5.74, 6) is 0.105. The van der Waals surface area contributed by atoms with Crippen molar-refractivity contribution in [1.82, 2.24) is 0 Å². The Bertz CT molecular complexity index is 529. The van der Waals surface area contributed by atoms with E-state index >= 15 is 0 Å². The van der Waals surface area contributed by atoms with Crippen LogP contribution in [-0.4, -0.2) is 19.9 Å². The molecule has 0 bridgehead atoms. The van der Waals surface area contributed by atoms with Gasteiger partial charge in [0.1, 0.15) is 0 Å². The second-order valence-corrected chi connectivity index (χ2v) is 5.15. The molecule has 0 atom stereocenters. The van der Waals surface area contributed by atoms with E-state index < -0.39 is 0 Å². The predicted octanol–water partition coefficient (Wildman–Crippen LogP) is 3.35. The van der Waals surface area contributed by atoms with Crippen LogP contribution >= 0.6 is 11.3 Å². The van der Waals surface area contributed by atoms with E-state index in [1.165, 1.54) is 11.3 Å². The molecule has 0 fully saturated rings. The second-order valence-electron chi connectivity index (χ2n) is 4.20. The highest BCUT2D eigenvalue weighted by molar-refractivity contribution is 7.12. The third-order valence-corrected chi connectivity index (χ3v) is 3.55. The summed E-state index contributed by atoms with van der Waals surface area (Å²) in [4.78, 5) is 15.0. The summed E-state index contributed by atoms with van der Waals surface area (Å²) in [5.41, 5.74) is 3.03. The third-order valence-electron chi connectivity index (χ3n) is 2.69. The maximum atomic E-state index is 12.1. The van der Waals surface area contributed by atoms with Gasteiger partial charge in [0, 0.05) is 25.3 Å². The minimum Gasteiger partial charge on any atom is -0.377 e. The smallest absolute Gasteiger partial charge is 0.202 e. The molecule has 1 heterocycles. The Morgan fingerprint density at radius 2 is 2.00 bits per heavy atom. The molecule has 0 aliphatic carbocycles. The fourth-order valence-corrected chi connectivity index (χ4v) is 2.53. The highest BCUT2D eigenvalue weighted by Crippen LogP contribution is 2.22. The minimum absolute atomic E-state index is 0.105. The van der Waals surface area contributed by atoms with Crippen molar-refractivity contribution in [3.05, 3.63) is 51.7 Å². The van der Waals surface area contributed by atoms with Crippen molar-refractivity contribution in [3.63, 3.8) is 0 Å². The number of carbonyl (C=O) groups excluding carboxylic acids is 1. The lowest BCUT2D eigenvalue weighted by Gasteiger charge is -2.15. The van der Waals surface area contributed by atoms with Gasteiger partial charge in [-0.2, -0.15) is 0 Å².